The zero-order chi connectivity index (χ0) is 16.4. The molecule has 2 heterocycles. The quantitative estimate of drug-likeness (QED) is 0.771. The van der Waals surface area contributed by atoms with Gasteiger partial charge in [0.2, 0.25) is 0 Å². The second kappa shape index (κ2) is 6.35. The van der Waals surface area contributed by atoms with E-state index in [9.17, 15) is 4.79 Å². The Labute approximate surface area is 140 Å². The number of H-pyrrole nitrogens is 1. The van der Waals surface area contributed by atoms with Crippen LogP contribution >= 0.6 is 0 Å². The number of aromatic amines is 1. The number of hydrogen-bond donors (Lipinski definition) is 2. The van der Waals surface area contributed by atoms with Gasteiger partial charge in [-0.05, 0) is 55.7 Å². The fourth-order valence-electron chi connectivity index (χ4n) is 3.22. The Bertz CT molecular complexity index is 864. The minimum atomic E-state index is -0.103. The Morgan fingerprint density at radius 2 is 1.96 bits per heavy atom. The van der Waals surface area contributed by atoms with Gasteiger partial charge in [-0.3, -0.25) is 9.89 Å². The van der Waals surface area contributed by atoms with E-state index in [2.05, 4.69) is 32.5 Å². The van der Waals surface area contributed by atoms with Crippen molar-refractivity contribution in [2.45, 2.75) is 19.3 Å². The van der Waals surface area contributed by atoms with Crippen LogP contribution < -0.4 is 10.2 Å². The van der Waals surface area contributed by atoms with Crippen LogP contribution in [-0.2, 0) is 0 Å². The largest absolute Gasteiger partial charge is 0.371 e. The molecule has 5 heteroatoms. The van der Waals surface area contributed by atoms with Gasteiger partial charge in [-0.15, -0.1) is 0 Å². The third-order valence-corrected chi connectivity index (χ3v) is 4.53. The van der Waals surface area contributed by atoms with E-state index in [-0.39, 0.29) is 5.91 Å². The number of carbonyl (C=O) groups excluding carboxylic acids is 1. The fraction of sp³-hybridized carbons (Fsp3) is 0.263. The summed E-state index contributed by atoms with van der Waals surface area (Å²) in [6.07, 6.45) is 5.51. The lowest BCUT2D eigenvalue weighted by molar-refractivity contribution is 0.102. The number of nitrogens with zero attached hydrogens (tertiary/aromatic N) is 2. The fourth-order valence-corrected chi connectivity index (χ4v) is 3.22. The van der Waals surface area contributed by atoms with Gasteiger partial charge < -0.3 is 10.2 Å². The van der Waals surface area contributed by atoms with Crippen LogP contribution in [0.3, 0.4) is 0 Å². The van der Waals surface area contributed by atoms with Gasteiger partial charge in [0.25, 0.3) is 5.91 Å². The first kappa shape index (κ1) is 14.8. The van der Waals surface area contributed by atoms with Gasteiger partial charge in [0, 0.05) is 35.4 Å². The van der Waals surface area contributed by atoms with Crippen molar-refractivity contribution in [3.63, 3.8) is 0 Å². The molecule has 0 saturated carbocycles. The van der Waals surface area contributed by atoms with E-state index in [0.29, 0.717) is 5.56 Å². The van der Waals surface area contributed by atoms with Gasteiger partial charge in [-0.1, -0.05) is 6.07 Å². The van der Waals surface area contributed by atoms with Crippen molar-refractivity contribution in [1.82, 2.24) is 10.2 Å². The second-order valence-corrected chi connectivity index (χ2v) is 6.22. The van der Waals surface area contributed by atoms with Gasteiger partial charge in [0.1, 0.15) is 0 Å². The first-order valence-corrected chi connectivity index (χ1v) is 8.39. The first-order chi connectivity index (χ1) is 11.8. The molecule has 5 nitrogen and oxygen atoms in total. The standard InChI is InChI=1S/C19H20N4O/c24-19(14-7-8-18-15(11-14)13-20-22-18)21-16-5-4-6-17(12-16)23-9-2-1-3-10-23/h4-8,11-13H,1-3,9-10H2,(H,20,22)(H,21,24). The Balaban J connectivity index is 1.52. The van der Waals surface area contributed by atoms with E-state index in [1.807, 2.05) is 30.3 Å². The van der Waals surface area contributed by atoms with Crippen molar-refractivity contribution in [3.05, 3.63) is 54.2 Å². The van der Waals surface area contributed by atoms with Gasteiger partial charge >= 0.3 is 0 Å². The highest BCUT2D eigenvalue weighted by molar-refractivity contribution is 6.06. The lowest BCUT2D eigenvalue weighted by Crippen LogP contribution is -2.29. The monoisotopic (exact) mass is 320 g/mol. The number of amides is 1. The molecule has 0 spiro atoms. The predicted octanol–water partition coefficient (Wildman–Crippen LogP) is 3.81. The van der Waals surface area contributed by atoms with E-state index in [4.69, 9.17) is 0 Å². The topological polar surface area (TPSA) is 61.0 Å². The van der Waals surface area contributed by atoms with Crippen molar-refractivity contribution >= 4 is 28.2 Å². The molecule has 3 aromatic rings. The number of anilines is 2. The molecule has 1 saturated heterocycles. The molecular weight excluding hydrogens is 300 g/mol. The number of benzene rings is 2. The van der Waals surface area contributed by atoms with Crippen LogP contribution in [0.1, 0.15) is 29.6 Å². The minimum Gasteiger partial charge on any atom is -0.371 e. The average molecular weight is 320 g/mol. The zero-order valence-electron chi connectivity index (χ0n) is 13.5. The lowest BCUT2D eigenvalue weighted by Gasteiger charge is -2.29. The molecule has 24 heavy (non-hydrogen) atoms. The summed E-state index contributed by atoms with van der Waals surface area (Å²) in [5.41, 5.74) is 3.57. The molecule has 2 aromatic carbocycles. The van der Waals surface area contributed by atoms with E-state index < -0.39 is 0 Å². The summed E-state index contributed by atoms with van der Waals surface area (Å²) in [6, 6.07) is 13.6. The lowest BCUT2D eigenvalue weighted by atomic mass is 10.1. The minimum absolute atomic E-state index is 0.103. The van der Waals surface area contributed by atoms with Crippen LogP contribution in [0.15, 0.2) is 48.7 Å². The number of rotatable bonds is 3. The van der Waals surface area contributed by atoms with E-state index >= 15 is 0 Å². The molecule has 2 N–H and O–H groups in total. The molecule has 0 atom stereocenters. The number of nitrogens with one attached hydrogen (secondary N) is 2. The summed E-state index contributed by atoms with van der Waals surface area (Å²) in [4.78, 5) is 14.9. The van der Waals surface area contributed by atoms with E-state index in [1.165, 1.54) is 24.9 Å². The zero-order valence-corrected chi connectivity index (χ0v) is 13.5. The molecule has 0 unspecified atom stereocenters. The molecule has 0 aliphatic carbocycles. The van der Waals surface area contributed by atoms with Crippen molar-refractivity contribution in [2.24, 2.45) is 0 Å². The second-order valence-electron chi connectivity index (χ2n) is 6.22. The number of piperidine rings is 1. The Morgan fingerprint density at radius 1 is 1.08 bits per heavy atom. The van der Waals surface area contributed by atoms with Crippen molar-refractivity contribution < 1.29 is 4.79 Å². The molecule has 1 fully saturated rings. The summed E-state index contributed by atoms with van der Waals surface area (Å²) in [5.74, 6) is -0.103. The van der Waals surface area contributed by atoms with Gasteiger partial charge in [-0.2, -0.15) is 5.10 Å². The number of fused-ring (bicyclic) bond motifs is 1. The maximum Gasteiger partial charge on any atom is 0.255 e. The van der Waals surface area contributed by atoms with Crippen molar-refractivity contribution in [2.75, 3.05) is 23.3 Å². The summed E-state index contributed by atoms with van der Waals surface area (Å²) in [7, 11) is 0. The first-order valence-electron chi connectivity index (χ1n) is 8.39. The molecule has 4 rings (SSSR count). The normalized spacial score (nSPS) is 14.8. The van der Waals surface area contributed by atoms with Gasteiger partial charge in [-0.25, -0.2) is 0 Å². The van der Waals surface area contributed by atoms with Crippen molar-refractivity contribution in [3.8, 4) is 0 Å². The summed E-state index contributed by atoms with van der Waals surface area (Å²) < 4.78 is 0. The Hall–Kier alpha value is -2.82. The Morgan fingerprint density at radius 3 is 2.83 bits per heavy atom. The Kier molecular flexibility index (Phi) is 3.91. The molecule has 0 radical (unpaired) electrons. The van der Waals surface area contributed by atoms with E-state index in [0.717, 1.165) is 29.7 Å². The number of hydrogen-bond acceptors (Lipinski definition) is 3. The highest BCUT2D eigenvalue weighted by Crippen LogP contribution is 2.23. The molecule has 1 aliphatic rings. The van der Waals surface area contributed by atoms with E-state index in [1.54, 1.807) is 6.20 Å². The highest BCUT2D eigenvalue weighted by atomic mass is 16.1. The predicted molar refractivity (Wildman–Crippen MR) is 96.6 cm³/mol. The molecule has 122 valence electrons. The highest BCUT2D eigenvalue weighted by Gasteiger charge is 2.12. The van der Waals surface area contributed by atoms with Crippen molar-refractivity contribution in [1.29, 1.82) is 0 Å². The number of aromatic nitrogens is 2. The maximum atomic E-state index is 12.5. The SMILES string of the molecule is O=C(Nc1cccc(N2CCCCC2)c1)c1ccc2[nH]ncc2c1. The maximum absolute atomic E-state index is 12.5. The van der Waals surface area contributed by atoms with Crippen LogP contribution in [0.2, 0.25) is 0 Å². The molecule has 0 bridgehead atoms. The van der Waals surface area contributed by atoms with Gasteiger partial charge in [0.15, 0.2) is 0 Å². The van der Waals surface area contributed by atoms with Crippen LogP contribution in [0.25, 0.3) is 10.9 Å². The smallest absolute Gasteiger partial charge is 0.255 e. The molecule has 1 aliphatic heterocycles. The summed E-state index contributed by atoms with van der Waals surface area (Å²) in [6.45, 7) is 2.18. The van der Waals surface area contributed by atoms with Crippen LogP contribution in [-0.4, -0.2) is 29.2 Å². The molecular formula is C19H20N4O. The molecule has 1 aromatic heterocycles. The summed E-state index contributed by atoms with van der Waals surface area (Å²) in [5, 5.41) is 10.8. The van der Waals surface area contributed by atoms with Crippen LogP contribution in [0.4, 0.5) is 11.4 Å². The van der Waals surface area contributed by atoms with Crippen LogP contribution in [0, 0.1) is 0 Å². The third kappa shape index (κ3) is 2.97. The third-order valence-electron chi connectivity index (χ3n) is 4.53. The average Bonchev–Trinajstić information content (AvgIpc) is 3.10. The van der Waals surface area contributed by atoms with Gasteiger partial charge in [0.05, 0.1) is 11.7 Å². The number of carbonyl (C=O) groups is 1. The summed E-state index contributed by atoms with van der Waals surface area (Å²) >= 11 is 0. The van der Waals surface area contributed by atoms with Crippen LogP contribution in [0.5, 0.6) is 0 Å². The molecule has 1 amide bonds.